The molecule has 0 amide bonds. The summed E-state index contributed by atoms with van der Waals surface area (Å²) in [6, 6.07) is 20.5. The van der Waals surface area contributed by atoms with Gasteiger partial charge in [-0.15, -0.1) is 11.3 Å². The van der Waals surface area contributed by atoms with E-state index in [0.717, 1.165) is 31.7 Å². The smallest absolute Gasteiger partial charge is 0.196 e. The second kappa shape index (κ2) is 14.5. The van der Waals surface area contributed by atoms with Crippen LogP contribution in [0.4, 0.5) is 15.9 Å². The molecule has 240 valence electrons. The normalized spacial score (nSPS) is 11.5. The van der Waals surface area contributed by atoms with E-state index in [2.05, 4.69) is 41.5 Å². The lowest BCUT2D eigenvalue weighted by atomic mass is 10.1. The third-order valence-electron chi connectivity index (χ3n) is 7.04. The van der Waals surface area contributed by atoms with Crippen molar-refractivity contribution < 1.29 is 22.3 Å². The molecule has 0 bridgehead atoms. The van der Waals surface area contributed by atoms with E-state index in [1.165, 1.54) is 42.1 Å². The summed E-state index contributed by atoms with van der Waals surface area (Å²) in [7, 11) is -1.88. The molecule has 0 fully saturated rings. The Kier molecular flexibility index (Phi) is 10.0. The van der Waals surface area contributed by atoms with Crippen LogP contribution < -0.4 is 20.1 Å². The third-order valence-corrected chi connectivity index (χ3v) is 10.1. The highest BCUT2D eigenvalue weighted by Crippen LogP contribution is 2.37. The SMILES string of the molecule is COc1cc2ncnc(Nc3ccc(OCc4cccc(F)c4)c(Br)c3)c2cc1-c1csc(CNCCS(=O)(=O)c2ccccn2)n1. The molecule has 2 N–H and O–H groups in total. The van der Waals surface area contributed by atoms with Gasteiger partial charge >= 0.3 is 0 Å². The van der Waals surface area contributed by atoms with Crippen molar-refractivity contribution in [1.82, 2.24) is 25.3 Å². The fraction of sp³-hybridized carbons (Fsp3) is 0.152. The van der Waals surface area contributed by atoms with Gasteiger partial charge in [-0.1, -0.05) is 18.2 Å². The summed E-state index contributed by atoms with van der Waals surface area (Å²) in [6.07, 6.45) is 2.95. The van der Waals surface area contributed by atoms with Crippen molar-refractivity contribution in [3.8, 4) is 22.8 Å². The molecular weight excluding hydrogens is 707 g/mol. The topological polar surface area (TPSA) is 128 Å². The van der Waals surface area contributed by atoms with Gasteiger partial charge in [0.15, 0.2) is 14.9 Å². The van der Waals surface area contributed by atoms with Gasteiger partial charge in [0.25, 0.3) is 0 Å². The Morgan fingerprint density at radius 3 is 2.66 bits per heavy atom. The molecule has 0 saturated carbocycles. The summed E-state index contributed by atoms with van der Waals surface area (Å²) in [5.74, 6) is 1.43. The third kappa shape index (κ3) is 7.91. The van der Waals surface area contributed by atoms with Crippen LogP contribution in [0.25, 0.3) is 22.2 Å². The predicted octanol–water partition coefficient (Wildman–Crippen LogP) is 6.94. The number of halogens is 2. The number of nitrogens with one attached hydrogen (secondary N) is 2. The zero-order valence-electron chi connectivity index (χ0n) is 25.0. The zero-order chi connectivity index (χ0) is 32.8. The molecule has 0 saturated heterocycles. The number of benzene rings is 3. The van der Waals surface area contributed by atoms with Gasteiger partial charge < -0.3 is 20.1 Å². The van der Waals surface area contributed by atoms with Crippen LogP contribution in [-0.4, -0.2) is 47.8 Å². The van der Waals surface area contributed by atoms with Gasteiger partial charge in [0.1, 0.15) is 41.1 Å². The molecular formula is C33H28BrFN6O4S2. The van der Waals surface area contributed by atoms with Gasteiger partial charge in [-0.3, -0.25) is 0 Å². The minimum atomic E-state index is -3.47. The van der Waals surface area contributed by atoms with E-state index in [-0.39, 0.29) is 29.7 Å². The number of sulfone groups is 1. The molecule has 6 aromatic rings. The Morgan fingerprint density at radius 2 is 1.87 bits per heavy atom. The number of aromatic nitrogens is 4. The Labute approximate surface area is 283 Å². The predicted molar refractivity (Wildman–Crippen MR) is 183 cm³/mol. The molecule has 0 radical (unpaired) electrons. The van der Waals surface area contributed by atoms with Crippen molar-refractivity contribution in [2.45, 2.75) is 18.2 Å². The van der Waals surface area contributed by atoms with E-state index < -0.39 is 9.84 Å². The zero-order valence-corrected chi connectivity index (χ0v) is 28.2. The second-order valence-electron chi connectivity index (χ2n) is 10.3. The van der Waals surface area contributed by atoms with Crippen molar-refractivity contribution in [3.63, 3.8) is 0 Å². The molecule has 3 heterocycles. The molecule has 14 heteroatoms. The van der Waals surface area contributed by atoms with Crippen LogP contribution in [0.1, 0.15) is 10.6 Å². The lowest BCUT2D eigenvalue weighted by molar-refractivity contribution is 0.303. The molecule has 47 heavy (non-hydrogen) atoms. The molecule has 6 rings (SSSR count). The minimum absolute atomic E-state index is 0.0656. The number of methoxy groups -OCH3 is 1. The lowest BCUT2D eigenvalue weighted by Gasteiger charge is -2.13. The van der Waals surface area contributed by atoms with Crippen LogP contribution in [0.3, 0.4) is 0 Å². The molecule has 0 aliphatic carbocycles. The summed E-state index contributed by atoms with van der Waals surface area (Å²) in [5.41, 5.74) is 3.65. The summed E-state index contributed by atoms with van der Waals surface area (Å²) >= 11 is 5.03. The molecule has 0 atom stereocenters. The molecule has 0 aliphatic heterocycles. The van der Waals surface area contributed by atoms with Gasteiger partial charge in [-0.25, -0.2) is 32.7 Å². The van der Waals surface area contributed by atoms with E-state index >= 15 is 0 Å². The maximum Gasteiger partial charge on any atom is 0.196 e. The summed E-state index contributed by atoms with van der Waals surface area (Å²) < 4.78 is 50.8. The van der Waals surface area contributed by atoms with Gasteiger partial charge in [-0.2, -0.15) is 0 Å². The van der Waals surface area contributed by atoms with Crippen LogP contribution in [0.5, 0.6) is 11.5 Å². The number of thiazole rings is 1. The summed E-state index contributed by atoms with van der Waals surface area (Å²) in [6.45, 7) is 0.896. The van der Waals surface area contributed by atoms with Gasteiger partial charge in [0.2, 0.25) is 0 Å². The number of ether oxygens (including phenoxy) is 2. The minimum Gasteiger partial charge on any atom is -0.496 e. The van der Waals surface area contributed by atoms with Crippen LogP contribution in [0, 0.1) is 5.82 Å². The number of hydrogen-bond acceptors (Lipinski definition) is 11. The number of hydrogen-bond donors (Lipinski definition) is 2. The van der Waals surface area contributed by atoms with Crippen LogP contribution >= 0.6 is 27.3 Å². The second-order valence-corrected chi connectivity index (χ2v) is 14.1. The lowest BCUT2D eigenvalue weighted by Crippen LogP contribution is -2.23. The van der Waals surface area contributed by atoms with Gasteiger partial charge in [0.05, 0.1) is 28.5 Å². The quantitative estimate of drug-likeness (QED) is 0.120. The highest BCUT2D eigenvalue weighted by Gasteiger charge is 2.17. The Balaban J connectivity index is 1.16. The van der Waals surface area contributed by atoms with Crippen LogP contribution in [0.2, 0.25) is 0 Å². The maximum absolute atomic E-state index is 13.5. The van der Waals surface area contributed by atoms with Crippen molar-refractivity contribution in [1.29, 1.82) is 0 Å². The van der Waals surface area contributed by atoms with Gasteiger partial charge in [0, 0.05) is 47.4 Å². The average Bonchev–Trinajstić information content (AvgIpc) is 3.55. The standard InChI is InChI=1S/C33H28BrFN6O4S2/c1-44-30-16-27-25(15-24(30)28-19-46-31(41-28)17-36-11-12-47(42,43)32-7-2-3-10-37-32)33(39-20-38-27)40-23-8-9-29(26(34)14-23)45-18-21-5-4-6-22(35)13-21/h2-10,13-16,19-20,36H,11-12,17-18H2,1H3,(H,38,39,40). The molecule has 0 unspecified atom stereocenters. The maximum atomic E-state index is 13.5. The highest BCUT2D eigenvalue weighted by atomic mass is 79.9. The summed E-state index contributed by atoms with van der Waals surface area (Å²) in [5, 5.41) is 10.1. The van der Waals surface area contributed by atoms with E-state index in [1.807, 2.05) is 35.7 Å². The molecule has 0 aliphatic rings. The van der Waals surface area contributed by atoms with E-state index in [1.54, 1.807) is 31.4 Å². The fourth-order valence-corrected chi connectivity index (χ4v) is 7.11. The van der Waals surface area contributed by atoms with Crippen molar-refractivity contribution in [2.24, 2.45) is 0 Å². The molecule has 3 aromatic heterocycles. The summed E-state index contributed by atoms with van der Waals surface area (Å²) in [4.78, 5) is 17.7. The number of anilines is 2. The number of fused-ring (bicyclic) bond motifs is 1. The van der Waals surface area contributed by atoms with E-state index in [9.17, 15) is 12.8 Å². The highest BCUT2D eigenvalue weighted by molar-refractivity contribution is 9.10. The Morgan fingerprint density at radius 1 is 0.979 bits per heavy atom. The number of rotatable bonds is 13. The van der Waals surface area contributed by atoms with Crippen molar-refractivity contribution in [2.75, 3.05) is 24.7 Å². The largest absolute Gasteiger partial charge is 0.496 e. The average molecular weight is 736 g/mol. The van der Waals surface area contributed by atoms with Gasteiger partial charge in [-0.05, 0) is 70.0 Å². The number of pyridine rings is 1. The first kappa shape index (κ1) is 32.4. The van der Waals surface area contributed by atoms with E-state index in [4.69, 9.17) is 14.5 Å². The first-order valence-corrected chi connectivity index (χ1v) is 17.7. The van der Waals surface area contributed by atoms with Crippen molar-refractivity contribution >= 4 is 59.5 Å². The van der Waals surface area contributed by atoms with Crippen LogP contribution in [0.15, 0.2) is 100 Å². The monoisotopic (exact) mass is 734 g/mol. The van der Waals surface area contributed by atoms with Crippen molar-refractivity contribution in [3.05, 3.63) is 112 Å². The molecule has 0 spiro atoms. The number of nitrogens with zero attached hydrogens (tertiary/aromatic N) is 4. The molecule has 3 aromatic carbocycles. The Hall–Kier alpha value is -4.50. The Bertz CT molecular complexity index is 2130. The fourth-order valence-electron chi connectivity index (χ4n) is 4.73. The molecule has 10 nitrogen and oxygen atoms in total. The first-order chi connectivity index (χ1) is 22.8. The van der Waals surface area contributed by atoms with E-state index in [0.29, 0.717) is 35.1 Å². The van der Waals surface area contributed by atoms with Crippen LogP contribution in [-0.2, 0) is 23.0 Å². The first-order valence-electron chi connectivity index (χ1n) is 14.3.